The molecule has 0 bridgehead atoms. The van der Waals surface area contributed by atoms with Crippen molar-refractivity contribution in [2.24, 2.45) is 0 Å². The fourth-order valence-corrected chi connectivity index (χ4v) is 3.79. The summed E-state index contributed by atoms with van der Waals surface area (Å²) in [6.45, 7) is 0.0899. The molecule has 0 saturated heterocycles. The van der Waals surface area contributed by atoms with Crippen LogP contribution in [0.1, 0.15) is 29.2 Å². The summed E-state index contributed by atoms with van der Waals surface area (Å²) in [4.78, 5) is 12.0. The summed E-state index contributed by atoms with van der Waals surface area (Å²) in [6, 6.07) is 12.5. The number of aryl methyl sites for hydroxylation is 1. The highest BCUT2D eigenvalue weighted by Crippen LogP contribution is 2.30. The number of rotatable bonds is 6. The van der Waals surface area contributed by atoms with Crippen molar-refractivity contribution in [3.8, 4) is 0 Å². The van der Waals surface area contributed by atoms with Gasteiger partial charge in [0.2, 0.25) is 5.91 Å². The van der Waals surface area contributed by atoms with Crippen molar-refractivity contribution >= 4 is 27.3 Å². The van der Waals surface area contributed by atoms with Crippen molar-refractivity contribution in [1.82, 2.24) is 5.32 Å². The molecule has 2 N–H and O–H groups in total. The molecule has 3 aromatic rings. The lowest BCUT2D eigenvalue weighted by atomic mass is 10.1. The average molecular weight is 393 g/mol. The van der Waals surface area contributed by atoms with Crippen LogP contribution in [0.5, 0.6) is 0 Å². The molecule has 142 valence electrons. The highest BCUT2D eigenvalue weighted by Gasteiger charge is 2.29. The smallest absolute Gasteiger partial charge is 0.387 e. The summed E-state index contributed by atoms with van der Waals surface area (Å²) in [5.74, 6) is -0.256. The standard InChI is InChI=1S/C20H18F3NO2S/c21-20(22,23)14-8-5-13(6-9-14)7-10-19(26)24-11-17(25)16-12-27-18-4-2-1-3-15(16)18/h1-6,8-9,12,17,25H,7,10-11H2,(H,24,26)/t17-/m1/s1. The predicted molar refractivity (Wildman–Crippen MR) is 99.6 cm³/mol. The first-order valence-electron chi connectivity index (χ1n) is 8.41. The number of hydrogen-bond acceptors (Lipinski definition) is 3. The molecule has 3 rings (SSSR count). The Balaban J connectivity index is 1.49. The predicted octanol–water partition coefficient (Wildman–Crippen LogP) is 4.70. The topological polar surface area (TPSA) is 49.3 Å². The van der Waals surface area contributed by atoms with Crippen LogP contribution in [0.3, 0.4) is 0 Å². The molecule has 3 nitrogen and oxygen atoms in total. The van der Waals surface area contributed by atoms with E-state index in [0.29, 0.717) is 12.0 Å². The van der Waals surface area contributed by atoms with E-state index in [0.717, 1.165) is 27.8 Å². The summed E-state index contributed by atoms with van der Waals surface area (Å²) in [5.41, 5.74) is 0.725. The first-order chi connectivity index (χ1) is 12.8. The highest BCUT2D eigenvalue weighted by molar-refractivity contribution is 7.17. The van der Waals surface area contributed by atoms with E-state index in [1.807, 2.05) is 29.6 Å². The molecule has 0 aliphatic carbocycles. The molecule has 0 aliphatic rings. The van der Waals surface area contributed by atoms with Gasteiger partial charge in [0.15, 0.2) is 0 Å². The van der Waals surface area contributed by atoms with Crippen molar-refractivity contribution in [3.63, 3.8) is 0 Å². The molecular formula is C20H18F3NO2S. The zero-order valence-electron chi connectivity index (χ0n) is 14.3. The van der Waals surface area contributed by atoms with Gasteiger partial charge < -0.3 is 10.4 Å². The molecule has 0 unspecified atom stereocenters. The van der Waals surface area contributed by atoms with Gasteiger partial charge in [-0.1, -0.05) is 30.3 Å². The minimum Gasteiger partial charge on any atom is -0.387 e. The number of carbonyl (C=O) groups excluding carboxylic acids is 1. The van der Waals surface area contributed by atoms with Gasteiger partial charge in [0.1, 0.15) is 0 Å². The van der Waals surface area contributed by atoms with Crippen LogP contribution in [0.15, 0.2) is 53.9 Å². The Hall–Kier alpha value is -2.38. The maximum atomic E-state index is 12.5. The zero-order chi connectivity index (χ0) is 19.4. The van der Waals surface area contributed by atoms with Crippen molar-refractivity contribution in [2.75, 3.05) is 6.54 Å². The summed E-state index contributed by atoms with van der Waals surface area (Å²) in [5, 5.41) is 15.9. The molecular weight excluding hydrogens is 375 g/mol. The Morgan fingerprint density at radius 1 is 1.11 bits per heavy atom. The molecule has 2 aromatic carbocycles. The van der Waals surface area contributed by atoms with E-state index in [4.69, 9.17) is 0 Å². The normalized spacial score (nSPS) is 12.9. The number of alkyl halides is 3. The van der Waals surface area contributed by atoms with Gasteiger partial charge >= 0.3 is 6.18 Å². The van der Waals surface area contributed by atoms with Gasteiger partial charge in [-0.2, -0.15) is 13.2 Å². The second kappa shape index (κ2) is 8.10. The molecule has 7 heteroatoms. The minimum atomic E-state index is -4.36. The Morgan fingerprint density at radius 3 is 2.52 bits per heavy atom. The summed E-state index contributed by atoms with van der Waals surface area (Å²) < 4.78 is 38.7. The first kappa shape index (κ1) is 19.4. The van der Waals surface area contributed by atoms with E-state index in [1.165, 1.54) is 23.5 Å². The van der Waals surface area contributed by atoms with E-state index >= 15 is 0 Å². The lowest BCUT2D eigenvalue weighted by Gasteiger charge is -2.12. The van der Waals surface area contributed by atoms with Gasteiger partial charge in [0.25, 0.3) is 0 Å². The fourth-order valence-electron chi connectivity index (χ4n) is 2.78. The van der Waals surface area contributed by atoms with Gasteiger partial charge in [-0.15, -0.1) is 11.3 Å². The fraction of sp³-hybridized carbons (Fsp3) is 0.250. The Morgan fingerprint density at radius 2 is 1.81 bits per heavy atom. The third-order valence-corrected chi connectivity index (χ3v) is 5.27. The average Bonchev–Trinajstić information content (AvgIpc) is 3.08. The van der Waals surface area contributed by atoms with E-state index in [-0.39, 0.29) is 18.9 Å². The Kier molecular flexibility index (Phi) is 5.82. The van der Waals surface area contributed by atoms with Gasteiger partial charge in [0, 0.05) is 23.2 Å². The van der Waals surface area contributed by atoms with Crippen molar-refractivity contribution in [1.29, 1.82) is 0 Å². The van der Waals surface area contributed by atoms with Gasteiger partial charge in [-0.3, -0.25) is 4.79 Å². The molecule has 1 heterocycles. The monoisotopic (exact) mass is 393 g/mol. The maximum absolute atomic E-state index is 12.5. The molecule has 1 amide bonds. The number of aliphatic hydroxyl groups excluding tert-OH is 1. The van der Waals surface area contributed by atoms with Crippen LogP contribution in [0.25, 0.3) is 10.1 Å². The highest BCUT2D eigenvalue weighted by atomic mass is 32.1. The molecule has 0 radical (unpaired) electrons. The van der Waals surface area contributed by atoms with Crippen molar-refractivity contribution in [3.05, 3.63) is 70.6 Å². The van der Waals surface area contributed by atoms with Gasteiger partial charge in [0.05, 0.1) is 11.7 Å². The molecule has 1 aromatic heterocycles. The molecule has 0 spiro atoms. The number of halogens is 3. The SMILES string of the molecule is O=C(CCc1ccc(C(F)(F)F)cc1)NC[C@@H](O)c1csc2ccccc12. The summed E-state index contributed by atoms with van der Waals surface area (Å²) >= 11 is 1.53. The molecule has 1 atom stereocenters. The van der Waals surface area contributed by atoms with E-state index in [1.54, 1.807) is 0 Å². The summed E-state index contributed by atoms with van der Waals surface area (Å²) in [7, 11) is 0. The second-order valence-corrected chi connectivity index (χ2v) is 7.11. The largest absolute Gasteiger partial charge is 0.416 e. The molecule has 0 fully saturated rings. The van der Waals surface area contributed by atoms with Crippen LogP contribution >= 0.6 is 11.3 Å². The van der Waals surface area contributed by atoms with Crippen LogP contribution in [0, 0.1) is 0 Å². The second-order valence-electron chi connectivity index (χ2n) is 6.20. The van der Waals surface area contributed by atoms with Gasteiger partial charge in [-0.25, -0.2) is 0 Å². The van der Waals surface area contributed by atoms with Crippen molar-refractivity contribution < 1.29 is 23.1 Å². The third kappa shape index (κ3) is 4.87. The van der Waals surface area contributed by atoms with Gasteiger partial charge in [-0.05, 0) is 40.9 Å². The Labute approximate surface area is 158 Å². The van der Waals surface area contributed by atoms with Crippen LogP contribution in [-0.2, 0) is 17.4 Å². The maximum Gasteiger partial charge on any atom is 0.416 e. The van der Waals surface area contributed by atoms with Crippen molar-refractivity contribution in [2.45, 2.75) is 25.1 Å². The number of benzene rings is 2. The molecule has 0 aliphatic heterocycles. The van der Waals surface area contributed by atoms with E-state index in [2.05, 4.69) is 5.32 Å². The van der Waals surface area contributed by atoms with Crippen LogP contribution in [0.2, 0.25) is 0 Å². The third-order valence-electron chi connectivity index (χ3n) is 4.28. The lowest BCUT2D eigenvalue weighted by molar-refractivity contribution is -0.137. The number of thiophene rings is 1. The zero-order valence-corrected chi connectivity index (χ0v) is 15.1. The quantitative estimate of drug-likeness (QED) is 0.638. The van der Waals surface area contributed by atoms with Crippen LogP contribution in [0.4, 0.5) is 13.2 Å². The number of aliphatic hydroxyl groups is 1. The van der Waals surface area contributed by atoms with Crippen LogP contribution < -0.4 is 5.32 Å². The Bertz CT molecular complexity index is 919. The number of hydrogen-bond donors (Lipinski definition) is 2. The number of amides is 1. The van der Waals surface area contributed by atoms with E-state index in [9.17, 15) is 23.1 Å². The summed E-state index contributed by atoms with van der Waals surface area (Å²) in [6.07, 6.45) is -4.70. The number of nitrogens with one attached hydrogen (secondary N) is 1. The lowest BCUT2D eigenvalue weighted by Crippen LogP contribution is -2.28. The minimum absolute atomic E-state index is 0.0899. The number of carbonyl (C=O) groups is 1. The van der Waals surface area contributed by atoms with E-state index < -0.39 is 17.8 Å². The molecule has 0 saturated carbocycles. The first-order valence-corrected chi connectivity index (χ1v) is 9.29. The number of fused-ring (bicyclic) bond motifs is 1. The molecule has 27 heavy (non-hydrogen) atoms. The van der Waals surface area contributed by atoms with Crippen LogP contribution in [-0.4, -0.2) is 17.6 Å².